The molecule has 30 heavy (non-hydrogen) atoms. The first-order valence-electron chi connectivity index (χ1n) is 9.58. The molecule has 1 N–H and O–H groups in total. The van der Waals surface area contributed by atoms with Crippen molar-refractivity contribution in [3.8, 4) is 6.07 Å². The number of imide groups is 1. The number of ether oxygens (including phenoxy) is 1. The average molecular weight is 538 g/mol. The number of alkyl halides is 2. The van der Waals surface area contributed by atoms with Crippen molar-refractivity contribution in [2.75, 3.05) is 11.5 Å². The maximum absolute atomic E-state index is 13.1. The first kappa shape index (κ1) is 21.1. The zero-order valence-electron chi connectivity index (χ0n) is 15.9. The zero-order chi connectivity index (χ0) is 21.7. The smallest absolute Gasteiger partial charge is 0.352 e. The summed E-state index contributed by atoms with van der Waals surface area (Å²) < 4.78 is 4.77. The van der Waals surface area contributed by atoms with Gasteiger partial charge in [-0.15, -0.1) is 0 Å². The van der Waals surface area contributed by atoms with Crippen molar-refractivity contribution >= 4 is 61.1 Å². The van der Waals surface area contributed by atoms with Gasteiger partial charge in [-0.3, -0.25) is 14.5 Å². The molecule has 2 bridgehead atoms. The highest BCUT2D eigenvalue weighted by Gasteiger charge is 2.66. The molecule has 1 aromatic carbocycles. The van der Waals surface area contributed by atoms with Gasteiger partial charge in [0.2, 0.25) is 11.8 Å². The van der Waals surface area contributed by atoms with Crippen molar-refractivity contribution in [3.05, 3.63) is 35.4 Å². The van der Waals surface area contributed by atoms with Crippen LogP contribution in [0.3, 0.4) is 0 Å². The molecule has 1 aromatic rings. The normalized spacial score (nSPS) is 32.7. The van der Waals surface area contributed by atoms with Gasteiger partial charge in [0, 0.05) is 15.2 Å². The van der Waals surface area contributed by atoms with E-state index < -0.39 is 17.3 Å². The number of hydrogen-bond acceptors (Lipinski definition) is 6. The van der Waals surface area contributed by atoms with Crippen LogP contribution in [0.4, 0.5) is 5.69 Å². The second-order valence-electron chi connectivity index (χ2n) is 7.62. The second kappa shape index (κ2) is 7.82. The van der Waals surface area contributed by atoms with Gasteiger partial charge in [-0.05, 0) is 49.4 Å². The van der Waals surface area contributed by atoms with Crippen molar-refractivity contribution in [2.24, 2.45) is 23.7 Å². The fourth-order valence-corrected chi connectivity index (χ4v) is 6.79. The molecule has 1 aliphatic heterocycles. The van der Waals surface area contributed by atoms with Gasteiger partial charge in [0.05, 0.1) is 24.1 Å². The molecule has 2 amide bonds. The highest BCUT2D eigenvalue weighted by Crippen LogP contribution is 2.60. The highest BCUT2D eigenvalue weighted by molar-refractivity contribution is 9.12. The molecule has 6 unspecified atom stereocenters. The number of rotatable bonds is 4. The van der Waals surface area contributed by atoms with E-state index in [2.05, 4.69) is 31.9 Å². The lowest BCUT2D eigenvalue weighted by Gasteiger charge is -2.28. The van der Waals surface area contributed by atoms with Gasteiger partial charge in [-0.2, -0.15) is 5.26 Å². The van der Waals surface area contributed by atoms with Gasteiger partial charge in [0.25, 0.3) is 0 Å². The number of carbonyl (C=O) groups is 3. The minimum Gasteiger partial charge on any atom is -0.506 e. The van der Waals surface area contributed by atoms with E-state index in [4.69, 9.17) is 10.00 Å². The topological polar surface area (TPSA) is 108 Å². The maximum atomic E-state index is 13.1. The fraction of sp³-hybridized carbons (Fsp3) is 0.429. The summed E-state index contributed by atoms with van der Waals surface area (Å²) in [5.41, 5.74) is 0.113. The van der Waals surface area contributed by atoms with E-state index in [0.717, 1.165) is 6.42 Å². The van der Waals surface area contributed by atoms with Gasteiger partial charge in [0.1, 0.15) is 11.8 Å². The van der Waals surface area contributed by atoms with Crippen LogP contribution in [-0.2, 0) is 19.1 Å². The summed E-state index contributed by atoms with van der Waals surface area (Å²) in [6.45, 7) is 1.67. The summed E-state index contributed by atoms with van der Waals surface area (Å²) in [6.07, 6.45) is 0.856. The molecule has 4 rings (SSSR count). The predicted octanol–water partition coefficient (Wildman–Crippen LogP) is 3.32. The number of fused-ring (bicyclic) bond motifs is 5. The number of halogens is 2. The maximum Gasteiger partial charge on any atom is 0.352 e. The Morgan fingerprint density at radius 3 is 2.17 bits per heavy atom. The van der Waals surface area contributed by atoms with Crippen molar-refractivity contribution in [1.82, 2.24) is 0 Å². The minimum absolute atomic E-state index is 0.0737. The molecule has 0 spiro atoms. The molecule has 2 aliphatic carbocycles. The number of amides is 2. The fourth-order valence-electron chi connectivity index (χ4n) is 4.91. The number of nitriles is 1. The number of hydrogen-bond donors (Lipinski definition) is 1. The van der Waals surface area contributed by atoms with Crippen molar-refractivity contribution < 1.29 is 24.2 Å². The van der Waals surface area contributed by atoms with Crippen LogP contribution < -0.4 is 4.90 Å². The Kier molecular flexibility index (Phi) is 5.49. The van der Waals surface area contributed by atoms with E-state index in [1.807, 2.05) is 0 Å². The Labute approximate surface area is 189 Å². The van der Waals surface area contributed by atoms with Crippen molar-refractivity contribution in [2.45, 2.75) is 23.0 Å². The quantitative estimate of drug-likeness (QED) is 0.158. The first-order valence-corrected chi connectivity index (χ1v) is 11.4. The number of nitrogens with zero attached hydrogens (tertiary/aromatic N) is 2. The Balaban J connectivity index is 1.61. The molecule has 2 saturated carbocycles. The highest BCUT2D eigenvalue weighted by atomic mass is 79.9. The Morgan fingerprint density at radius 1 is 1.17 bits per heavy atom. The third-order valence-electron chi connectivity index (χ3n) is 6.21. The van der Waals surface area contributed by atoms with Gasteiger partial charge >= 0.3 is 5.97 Å². The summed E-state index contributed by atoms with van der Waals surface area (Å²) in [5.74, 6) is -2.20. The molecule has 6 atom stereocenters. The van der Waals surface area contributed by atoms with E-state index in [9.17, 15) is 19.5 Å². The summed E-state index contributed by atoms with van der Waals surface area (Å²) in [7, 11) is 0. The molecule has 0 radical (unpaired) electrons. The molecular formula is C21H18Br2N2O5. The Bertz CT molecular complexity index is 968. The van der Waals surface area contributed by atoms with Gasteiger partial charge < -0.3 is 9.84 Å². The van der Waals surface area contributed by atoms with Gasteiger partial charge in [-0.1, -0.05) is 31.9 Å². The molecule has 3 fully saturated rings. The lowest BCUT2D eigenvalue weighted by Crippen LogP contribution is -2.37. The number of esters is 1. The van der Waals surface area contributed by atoms with Crippen LogP contribution in [-0.4, -0.2) is 39.2 Å². The van der Waals surface area contributed by atoms with E-state index in [-0.39, 0.29) is 57.3 Å². The van der Waals surface area contributed by atoms with E-state index in [0.29, 0.717) is 5.69 Å². The number of benzene rings is 1. The molecule has 1 heterocycles. The molecule has 0 aromatic heterocycles. The monoisotopic (exact) mass is 536 g/mol. The second-order valence-corrected chi connectivity index (χ2v) is 9.73. The lowest BCUT2D eigenvalue weighted by molar-refractivity contribution is -0.138. The standard InChI is InChI=1S/C21H18Br2N2O5/c1-2-30-21(29)13(8-24)18(26)9-3-5-10(6-4-9)25-19(27)14-11-7-12(15(14)20(25)28)17(23)16(11)22/h3-6,11-12,14-17,26H,2,7H2,1H3/b18-13-. The van der Waals surface area contributed by atoms with Crippen LogP contribution in [0.2, 0.25) is 0 Å². The van der Waals surface area contributed by atoms with Crippen LogP contribution >= 0.6 is 31.9 Å². The van der Waals surface area contributed by atoms with Crippen molar-refractivity contribution in [1.29, 1.82) is 5.26 Å². The molecule has 3 aliphatic rings. The number of aliphatic hydroxyl groups excluding tert-OH is 1. The van der Waals surface area contributed by atoms with E-state index >= 15 is 0 Å². The minimum atomic E-state index is -0.913. The number of anilines is 1. The number of aliphatic hydroxyl groups is 1. The van der Waals surface area contributed by atoms with Gasteiger partial charge in [-0.25, -0.2) is 4.79 Å². The molecule has 156 valence electrons. The van der Waals surface area contributed by atoms with Crippen LogP contribution in [0.1, 0.15) is 18.9 Å². The zero-order valence-corrected chi connectivity index (χ0v) is 19.1. The third-order valence-corrected chi connectivity index (χ3v) is 9.42. The van der Waals surface area contributed by atoms with Crippen LogP contribution in [0.5, 0.6) is 0 Å². The first-order chi connectivity index (χ1) is 14.3. The largest absolute Gasteiger partial charge is 0.506 e. The molecule has 9 heteroatoms. The number of carbonyl (C=O) groups excluding carboxylic acids is 3. The van der Waals surface area contributed by atoms with Crippen molar-refractivity contribution in [3.63, 3.8) is 0 Å². The summed E-state index contributed by atoms with van der Waals surface area (Å²) in [6, 6.07) is 7.63. The Morgan fingerprint density at radius 2 is 1.70 bits per heavy atom. The summed E-state index contributed by atoms with van der Waals surface area (Å²) in [5, 5.41) is 19.5. The Hall–Kier alpha value is -2.18. The lowest BCUT2D eigenvalue weighted by atomic mass is 9.81. The third kappa shape index (κ3) is 3.00. The van der Waals surface area contributed by atoms with Crippen LogP contribution in [0, 0.1) is 35.0 Å². The predicted molar refractivity (Wildman–Crippen MR) is 115 cm³/mol. The summed E-state index contributed by atoms with van der Waals surface area (Å²) >= 11 is 7.33. The molecule has 1 saturated heterocycles. The SMILES string of the molecule is CCOC(=O)/C(C#N)=C(\O)c1ccc(N2C(=O)C3C4CC(C(Br)C4Br)C3C2=O)cc1. The molecular weight excluding hydrogens is 520 g/mol. The van der Waals surface area contributed by atoms with Gasteiger partial charge in [0.15, 0.2) is 5.57 Å². The van der Waals surface area contributed by atoms with Crippen LogP contribution in [0.25, 0.3) is 5.76 Å². The van der Waals surface area contributed by atoms with E-state index in [1.165, 1.54) is 29.2 Å². The summed E-state index contributed by atoms with van der Waals surface area (Å²) in [4.78, 5) is 39.5. The average Bonchev–Trinajstić information content (AvgIpc) is 3.34. The van der Waals surface area contributed by atoms with Crippen LogP contribution in [0.15, 0.2) is 29.8 Å². The molecule has 7 nitrogen and oxygen atoms in total. The van der Waals surface area contributed by atoms with E-state index in [1.54, 1.807) is 13.0 Å².